The van der Waals surface area contributed by atoms with Gasteiger partial charge in [-0.1, -0.05) is 12.2 Å². The molecular weight excluding hydrogens is 248 g/mol. The van der Waals surface area contributed by atoms with Crippen LogP contribution < -0.4 is 14.8 Å². The molecule has 2 aliphatic heterocycles. The molecule has 94 valence electrons. The molecule has 0 bridgehead atoms. The average molecular weight is 262 g/mol. The minimum absolute atomic E-state index is 0.594. The van der Waals surface area contributed by atoms with Gasteiger partial charge in [0, 0.05) is 24.8 Å². The van der Waals surface area contributed by atoms with Crippen LogP contribution in [0.1, 0.15) is 0 Å². The van der Waals surface area contributed by atoms with Gasteiger partial charge in [0.05, 0.1) is 0 Å². The first-order chi connectivity index (χ1) is 8.83. The molecule has 0 radical (unpaired) electrons. The van der Waals surface area contributed by atoms with E-state index in [4.69, 9.17) is 21.7 Å². The van der Waals surface area contributed by atoms with E-state index in [2.05, 4.69) is 22.4 Å². The molecule has 5 heteroatoms. The highest BCUT2D eigenvalue weighted by Gasteiger charge is 2.14. The van der Waals surface area contributed by atoms with E-state index in [9.17, 15) is 0 Å². The lowest BCUT2D eigenvalue weighted by Gasteiger charge is -2.22. The Kier molecular flexibility index (Phi) is 3.06. The zero-order valence-electron chi connectivity index (χ0n) is 9.89. The molecule has 1 N–H and O–H groups in total. The van der Waals surface area contributed by atoms with Gasteiger partial charge in [-0.25, -0.2) is 0 Å². The molecule has 0 unspecified atom stereocenters. The van der Waals surface area contributed by atoms with E-state index in [1.807, 2.05) is 18.2 Å². The zero-order valence-corrected chi connectivity index (χ0v) is 10.7. The third-order valence-electron chi connectivity index (χ3n) is 2.90. The molecular formula is C13H14N2O2S. The lowest BCUT2D eigenvalue weighted by atomic mass is 10.2. The van der Waals surface area contributed by atoms with Crippen LogP contribution in [-0.2, 0) is 0 Å². The fraction of sp³-hybridized carbons (Fsp3) is 0.308. The van der Waals surface area contributed by atoms with Gasteiger partial charge in [-0.15, -0.1) is 0 Å². The molecule has 0 atom stereocenters. The van der Waals surface area contributed by atoms with Crippen molar-refractivity contribution in [3.8, 4) is 11.5 Å². The van der Waals surface area contributed by atoms with E-state index < -0.39 is 0 Å². The van der Waals surface area contributed by atoms with E-state index in [1.54, 1.807) is 0 Å². The van der Waals surface area contributed by atoms with E-state index >= 15 is 0 Å². The van der Waals surface area contributed by atoms with Crippen LogP contribution >= 0.6 is 12.2 Å². The normalized spacial score (nSPS) is 16.8. The molecule has 2 aliphatic rings. The van der Waals surface area contributed by atoms with E-state index in [0.29, 0.717) is 13.2 Å². The quantitative estimate of drug-likeness (QED) is 0.618. The SMILES string of the molecule is S=C(Nc1ccc2c(c1)OCCO2)N1CC=CC1. The topological polar surface area (TPSA) is 33.7 Å². The highest BCUT2D eigenvalue weighted by molar-refractivity contribution is 7.80. The van der Waals surface area contributed by atoms with Crippen LogP contribution in [0.2, 0.25) is 0 Å². The van der Waals surface area contributed by atoms with Crippen molar-refractivity contribution < 1.29 is 9.47 Å². The van der Waals surface area contributed by atoms with Gasteiger partial charge in [0.15, 0.2) is 16.6 Å². The van der Waals surface area contributed by atoms with Crippen LogP contribution in [0, 0.1) is 0 Å². The first-order valence-electron chi connectivity index (χ1n) is 5.93. The van der Waals surface area contributed by atoms with Crippen LogP contribution in [0.15, 0.2) is 30.4 Å². The maximum atomic E-state index is 5.54. The second kappa shape index (κ2) is 4.86. The van der Waals surface area contributed by atoms with Gasteiger partial charge in [0.2, 0.25) is 0 Å². The Hall–Kier alpha value is -1.75. The Bertz CT molecular complexity index is 494. The first kappa shape index (κ1) is 11.3. The third-order valence-corrected chi connectivity index (χ3v) is 3.26. The molecule has 1 aromatic rings. The molecule has 2 heterocycles. The molecule has 0 aromatic heterocycles. The molecule has 0 saturated carbocycles. The Balaban J connectivity index is 1.70. The van der Waals surface area contributed by atoms with Gasteiger partial charge in [0.1, 0.15) is 13.2 Å². The smallest absolute Gasteiger partial charge is 0.173 e. The summed E-state index contributed by atoms with van der Waals surface area (Å²) < 4.78 is 11.0. The summed E-state index contributed by atoms with van der Waals surface area (Å²) in [5.74, 6) is 1.56. The monoisotopic (exact) mass is 262 g/mol. The molecule has 0 fully saturated rings. The van der Waals surface area contributed by atoms with Crippen molar-refractivity contribution in [2.75, 3.05) is 31.6 Å². The highest BCUT2D eigenvalue weighted by Crippen LogP contribution is 2.32. The summed E-state index contributed by atoms with van der Waals surface area (Å²) in [5.41, 5.74) is 0.927. The number of fused-ring (bicyclic) bond motifs is 1. The number of anilines is 1. The number of ether oxygens (including phenoxy) is 2. The summed E-state index contributed by atoms with van der Waals surface area (Å²) >= 11 is 5.35. The lowest BCUT2D eigenvalue weighted by molar-refractivity contribution is 0.171. The second-order valence-electron chi connectivity index (χ2n) is 4.16. The van der Waals surface area contributed by atoms with Gasteiger partial charge >= 0.3 is 0 Å². The van der Waals surface area contributed by atoms with Gasteiger partial charge in [-0.3, -0.25) is 0 Å². The number of nitrogens with one attached hydrogen (secondary N) is 1. The molecule has 0 aliphatic carbocycles. The number of nitrogens with zero attached hydrogens (tertiary/aromatic N) is 1. The Labute approximate surface area is 111 Å². The van der Waals surface area contributed by atoms with E-state index in [1.165, 1.54) is 0 Å². The first-order valence-corrected chi connectivity index (χ1v) is 6.34. The maximum Gasteiger partial charge on any atom is 0.173 e. The molecule has 18 heavy (non-hydrogen) atoms. The van der Waals surface area contributed by atoms with Gasteiger partial charge in [0.25, 0.3) is 0 Å². The molecule has 1 aromatic carbocycles. The molecule has 0 amide bonds. The lowest BCUT2D eigenvalue weighted by Crippen LogP contribution is -2.32. The van der Waals surface area contributed by atoms with Crippen molar-refractivity contribution in [3.63, 3.8) is 0 Å². The fourth-order valence-electron chi connectivity index (χ4n) is 1.97. The summed E-state index contributed by atoms with van der Waals surface area (Å²) in [5, 5.41) is 3.95. The van der Waals surface area contributed by atoms with Crippen molar-refractivity contribution in [2.24, 2.45) is 0 Å². The largest absolute Gasteiger partial charge is 0.486 e. The Morgan fingerprint density at radius 3 is 2.61 bits per heavy atom. The number of benzene rings is 1. The van der Waals surface area contributed by atoms with E-state index in [-0.39, 0.29) is 0 Å². The van der Waals surface area contributed by atoms with E-state index in [0.717, 1.165) is 35.4 Å². The summed E-state index contributed by atoms with van der Waals surface area (Å²) in [6.45, 7) is 2.95. The zero-order chi connectivity index (χ0) is 12.4. The molecule has 0 spiro atoms. The second-order valence-corrected chi connectivity index (χ2v) is 4.55. The standard InChI is InChI=1S/C13H14N2O2S/c18-13(15-5-1-2-6-15)14-10-3-4-11-12(9-10)17-8-7-16-11/h1-4,9H,5-8H2,(H,14,18). The van der Waals surface area contributed by atoms with Gasteiger partial charge in [-0.2, -0.15) is 0 Å². The van der Waals surface area contributed by atoms with Crippen LogP contribution in [-0.4, -0.2) is 36.3 Å². The van der Waals surface area contributed by atoms with Crippen LogP contribution in [0.5, 0.6) is 11.5 Å². The molecule has 0 saturated heterocycles. The summed E-state index contributed by atoms with van der Waals surface area (Å²) in [7, 11) is 0. The van der Waals surface area contributed by atoms with Crippen molar-refractivity contribution >= 4 is 23.0 Å². The van der Waals surface area contributed by atoms with Crippen molar-refractivity contribution in [2.45, 2.75) is 0 Å². The Morgan fingerprint density at radius 1 is 1.11 bits per heavy atom. The maximum absolute atomic E-state index is 5.54. The summed E-state index contributed by atoms with van der Waals surface area (Å²) in [4.78, 5) is 2.09. The van der Waals surface area contributed by atoms with Crippen LogP contribution in [0.25, 0.3) is 0 Å². The fourth-order valence-corrected chi connectivity index (χ4v) is 2.23. The minimum Gasteiger partial charge on any atom is -0.486 e. The Morgan fingerprint density at radius 2 is 1.83 bits per heavy atom. The third kappa shape index (κ3) is 2.26. The number of hydrogen-bond acceptors (Lipinski definition) is 3. The van der Waals surface area contributed by atoms with Gasteiger partial charge < -0.3 is 19.7 Å². The van der Waals surface area contributed by atoms with Crippen molar-refractivity contribution in [3.05, 3.63) is 30.4 Å². The number of hydrogen-bond donors (Lipinski definition) is 1. The predicted molar refractivity (Wildman–Crippen MR) is 74.4 cm³/mol. The van der Waals surface area contributed by atoms with Crippen molar-refractivity contribution in [1.82, 2.24) is 4.90 Å². The summed E-state index contributed by atoms with van der Waals surface area (Å²) in [6, 6.07) is 5.77. The number of rotatable bonds is 1. The van der Waals surface area contributed by atoms with Gasteiger partial charge in [-0.05, 0) is 24.4 Å². The minimum atomic E-state index is 0.594. The van der Waals surface area contributed by atoms with Crippen LogP contribution in [0.3, 0.4) is 0 Å². The predicted octanol–water partition coefficient (Wildman–Crippen LogP) is 2.03. The average Bonchev–Trinajstić information content (AvgIpc) is 2.92. The van der Waals surface area contributed by atoms with Crippen molar-refractivity contribution in [1.29, 1.82) is 0 Å². The van der Waals surface area contributed by atoms with Crippen LogP contribution in [0.4, 0.5) is 5.69 Å². The molecule has 3 rings (SSSR count). The highest BCUT2D eigenvalue weighted by atomic mass is 32.1. The molecule has 4 nitrogen and oxygen atoms in total. The number of thiocarbonyl (C=S) groups is 1. The summed E-state index contributed by atoms with van der Waals surface area (Å²) in [6.07, 6.45) is 4.22.